The number of rotatable bonds is 6. The Balaban J connectivity index is 0.00000324. The second-order valence-corrected chi connectivity index (χ2v) is 4.84. The van der Waals surface area contributed by atoms with Crippen molar-refractivity contribution < 1.29 is 4.79 Å². The average molecular weight is 285 g/mol. The van der Waals surface area contributed by atoms with Gasteiger partial charge < -0.3 is 11.1 Å². The van der Waals surface area contributed by atoms with Crippen molar-refractivity contribution in [1.29, 1.82) is 0 Å². The first kappa shape index (κ1) is 17.9. The van der Waals surface area contributed by atoms with Gasteiger partial charge in [0.1, 0.15) is 0 Å². The summed E-state index contributed by atoms with van der Waals surface area (Å²) in [6.07, 6.45) is 2.15. The van der Waals surface area contributed by atoms with Gasteiger partial charge in [0.25, 0.3) is 0 Å². The quantitative estimate of drug-likeness (QED) is 0.844. The van der Waals surface area contributed by atoms with Crippen LogP contribution in [0.25, 0.3) is 0 Å². The number of amides is 1. The number of nitrogens with two attached hydrogens (primary N) is 1. The highest BCUT2D eigenvalue weighted by Gasteiger charge is 2.26. The molecule has 108 valence electrons. The van der Waals surface area contributed by atoms with Gasteiger partial charge in [-0.25, -0.2) is 0 Å². The third kappa shape index (κ3) is 4.84. The fourth-order valence-corrected chi connectivity index (χ4v) is 2.09. The van der Waals surface area contributed by atoms with Gasteiger partial charge in [0.2, 0.25) is 5.91 Å². The molecule has 1 amide bonds. The van der Waals surface area contributed by atoms with Crippen LogP contribution < -0.4 is 11.1 Å². The van der Waals surface area contributed by atoms with Gasteiger partial charge in [0.05, 0.1) is 12.0 Å². The molecule has 3 N–H and O–H groups in total. The van der Waals surface area contributed by atoms with Crippen LogP contribution in [0, 0.1) is 6.92 Å². The standard InChI is InChI=1S/C15H24N2O.ClH/c1-4-15(5-2,11-16)17-14(18)10-13-9-7-6-8-12(13)3;/h6-9H,4-5,10-11,16H2,1-3H3,(H,17,18);1H. The zero-order valence-corrected chi connectivity index (χ0v) is 12.8. The number of benzene rings is 1. The summed E-state index contributed by atoms with van der Waals surface area (Å²) in [6.45, 7) is 6.63. The first-order chi connectivity index (χ1) is 8.56. The van der Waals surface area contributed by atoms with Crippen LogP contribution in [0.5, 0.6) is 0 Å². The van der Waals surface area contributed by atoms with E-state index in [0.29, 0.717) is 13.0 Å². The smallest absolute Gasteiger partial charge is 0.224 e. The number of hydrogen-bond acceptors (Lipinski definition) is 2. The SMILES string of the molecule is CCC(CC)(CN)NC(=O)Cc1ccccc1C.Cl. The van der Waals surface area contributed by atoms with Crippen molar-refractivity contribution in [2.45, 2.75) is 45.6 Å². The van der Waals surface area contributed by atoms with E-state index >= 15 is 0 Å². The van der Waals surface area contributed by atoms with Gasteiger partial charge in [-0.3, -0.25) is 4.79 Å². The van der Waals surface area contributed by atoms with Crippen LogP contribution in [0.4, 0.5) is 0 Å². The van der Waals surface area contributed by atoms with Crippen LogP contribution in [-0.2, 0) is 11.2 Å². The van der Waals surface area contributed by atoms with Crippen molar-refractivity contribution in [3.05, 3.63) is 35.4 Å². The summed E-state index contributed by atoms with van der Waals surface area (Å²) in [5.74, 6) is 0.0541. The molecule has 4 heteroatoms. The Labute approximate surface area is 122 Å². The molecule has 1 aromatic rings. The van der Waals surface area contributed by atoms with E-state index in [1.165, 1.54) is 0 Å². The molecule has 1 aromatic carbocycles. The molecule has 0 saturated heterocycles. The molecule has 0 saturated carbocycles. The molecule has 0 bridgehead atoms. The Morgan fingerprint density at radius 1 is 1.26 bits per heavy atom. The van der Waals surface area contributed by atoms with Crippen molar-refractivity contribution in [3.63, 3.8) is 0 Å². The maximum atomic E-state index is 12.1. The minimum absolute atomic E-state index is 0. The number of aryl methyl sites for hydroxylation is 1. The third-order valence-electron chi connectivity index (χ3n) is 3.76. The number of halogens is 1. The Hall–Kier alpha value is -1.06. The van der Waals surface area contributed by atoms with Gasteiger partial charge in [0.15, 0.2) is 0 Å². The predicted molar refractivity (Wildman–Crippen MR) is 82.6 cm³/mol. The largest absolute Gasteiger partial charge is 0.349 e. The number of hydrogen-bond donors (Lipinski definition) is 2. The van der Waals surface area contributed by atoms with E-state index in [4.69, 9.17) is 5.73 Å². The van der Waals surface area contributed by atoms with Gasteiger partial charge in [-0.1, -0.05) is 38.1 Å². The van der Waals surface area contributed by atoms with Gasteiger partial charge in [0, 0.05) is 6.54 Å². The molecule has 3 nitrogen and oxygen atoms in total. The lowest BCUT2D eigenvalue weighted by molar-refractivity contribution is -0.122. The molecule has 0 spiro atoms. The highest BCUT2D eigenvalue weighted by molar-refractivity contribution is 5.85. The van der Waals surface area contributed by atoms with Crippen molar-refractivity contribution in [2.75, 3.05) is 6.54 Å². The van der Waals surface area contributed by atoms with E-state index < -0.39 is 0 Å². The Morgan fingerprint density at radius 3 is 2.32 bits per heavy atom. The minimum Gasteiger partial charge on any atom is -0.349 e. The van der Waals surface area contributed by atoms with E-state index in [0.717, 1.165) is 24.0 Å². The number of nitrogens with one attached hydrogen (secondary N) is 1. The van der Waals surface area contributed by atoms with Crippen molar-refractivity contribution >= 4 is 18.3 Å². The van der Waals surface area contributed by atoms with E-state index in [1.54, 1.807) is 0 Å². The average Bonchev–Trinajstić information content (AvgIpc) is 2.39. The van der Waals surface area contributed by atoms with Gasteiger partial charge in [-0.2, -0.15) is 0 Å². The molecule has 0 fully saturated rings. The van der Waals surface area contributed by atoms with E-state index in [1.807, 2.05) is 31.2 Å². The lowest BCUT2D eigenvalue weighted by Gasteiger charge is -2.31. The molecule has 1 rings (SSSR count). The molecule has 0 unspecified atom stereocenters. The summed E-state index contributed by atoms with van der Waals surface area (Å²) in [7, 11) is 0. The second kappa shape index (κ2) is 8.18. The minimum atomic E-state index is -0.250. The summed E-state index contributed by atoms with van der Waals surface area (Å²) >= 11 is 0. The molecular weight excluding hydrogens is 260 g/mol. The topological polar surface area (TPSA) is 55.1 Å². The van der Waals surface area contributed by atoms with Gasteiger partial charge >= 0.3 is 0 Å². The number of carbonyl (C=O) groups is 1. The first-order valence-electron chi connectivity index (χ1n) is 6.62. The lowest BCUT2D eigenvalue weighted by atomic mass is 9.92. The highest BCUT2D eigenvalue weighted by atomic mass is 35.5. The van der Waals surface area contributed by atoms with Crippen molar-refractivity contribution in [2.24, 2.45) is 5.73 Å². The summed E-state index contributed by atoms with van der Waals surface area (Å²) in [6, 6.07) is 7.97. The monoisotopic (exact) mass is 284 g/mol. The normalized spacial score (nSPS) is 10.7. The van der Waals surface area contributed by atoms with Crippen LogP contribution in [-0.4, -0.2) is 18.0 Å². The maximum Gasteiger partial charge on any atom is 0.224 e. The molecule has 0 aromatic heterocycles. The third-order valence-corrected chi connectivity index (χ3v) is 3.76. The molecule has 0 radical (unpaired) electrons. The van der Waals surface area contributed by atoms with Gasteiger partial charge in [-0.05, 0) is 30.9 Å². The molecule has 0 heterocycles. The van der Waals surface area contributed by atoms with E-state index in [9.17, 15) is 4.79 Å². The van der Waals surface area contributed by atoms with Crippen molar-refractivity contribution in [1.82, 2.24) is 5.32 Å². The Bertz CT molecular complexity index is 395. The Kier molecular flexibility index (Phi) is 7.72. The van der Waals surface area contributed by atoms with Crippen molar-refractivity contribution in [3.8, 4) is 0 Å². The summed E-state index contributed by atoms with van der Waals surface area (Å²) < 4.78 is 0. The maximum absolute atomic E-state index is 12.1. The zero-order chi connectivity index (χ0) is 13.6. The fraction of sp³-hybridized carbons (Fsp3) is 0.533. The molecule has 19 heavy (non-hydrogen) atoms. The zero-order valence-electron chi connectivity index (χ0n) is 12.0. The highest BCUT2D eigenvalue weighted by Crippen LogP contribution is 2.14. The van der Waals surface area contributed by atoms with Crippen LogP contribution in [0.1, 0.15) is 37.8 Å². The van der Waals surface area contributed by atoms with Crippen LogP contribution in [0.3, 0.4) is 0 Å². The van der Waals surface area contributed by atoms with E-state index in [-0.39, 0.29) is 23.9 Å². The second-order valence-electron chi connectivity index (χ2n) is 4.84. The lowest BCUT2D eigenvalue weighted by Crippen LogP contribution is -2.53. The predicted octanol–water partition coefficient (Wildman–Crippen LogP) is 2.59. The van der Waals surface area contributed by atoms with Gasteiger partial charge in [-0.15, -0.1) is 12.4 Å². The fourth-order valence-electron chi connectivity index (χ4n) is 2.09. The molecule has 0 aliphatic rings. The Morgan fingerprint density at radius 2 is 1.84 bits per heavy atom. The first-order valence-corrected chi connectivity index (χ1v) is 6.62. The van der Waals surface area contributed by atoms with Crippen LogP contribution in [0.2, 0.25) is 0 Å². The molecular formula is C15H25ClN2O. The van der Waals surface area contributed by atoms with E-state index in [2.05, 4.69) is 19.2 Å². The molecule has 0 atom stereocenters. The molecule has 0 aliphatic carbocycles. The number of carbonyl (C=O) groups excluding carboxylic acids is 1. The summed E-state index contributed by atoms with van der Waals surface area (Å²) in [5.41, 5.74) is 7.76. The van der Waals surface area contributed by atoms with Crippen LogP contribution >= 0.6 is 12.4 Å². The summed E-state index contributed by atoms with van der Waals surface area (Å²) in [4.78, 5) is 12.1. The van der Waals surface area contributed by atoms with Crippen LogP contribution in [0.15, 0.2) is 24.3 Å². The summed E-state index contributed by atoms with van der Waals surface area (Å²) in [5, 5.41) is 3.09. The molecule has 0 aliphatic heterocycles.